The second-order valence-corrected chi connectivity index (χ2v) is 7.76. The Kier molecular flexibility index (Phi) is 5.81. The summed E-state index contributed by atoms with van der Waals surface area (Å²) < 4.78 is 41.1. The van der Waals surface area contributed by atoms with E-state index < -0.39 is 11.7 Å². The summed E-state index contributed by atoms with van der Waals surface area (Å²) in [5, 5.41) is 7.80. The molecule has 0 unspecified atom stereocenters. The van der Waals surface area contributed by atoms with Gasteiger partial charge in [-0.3, -0.25) is 5.10 Å². The number of hydrogen-bond acceptors (Lipinski definition) is 5. The minimum Gasteiger partial charge on any atom is -0.356 e. The van der Waals surface area contributed by atoms with E-state index in [1.807, 2.05) is 11.6 Å². The lowest BCUT2D eigenvalue weighted by Gasteiger charge is -2.32. The number of aromatic amines is 1. The van der Waals surface area contributed by atoms with Crippen LogP contribution in [0, 0.1) is 0 Å². The summed E-state index contributed by atoms with van der Waals surface area (Å²) in [5.74, 6) is 1.98. The Labute approximate surface area is 188 Å². The van der Waals surface area contributed by atoms with Crippen LogP contribution >= 0.6 is 12.4 Å². The van der Waals surface area contributed by atoms with Gasteiger partial charge in [-0.2, -0.15) is 18.3 Å². The molecule has 1 N–H and O–H groups in total. The smallest absolute Gasteiger partial charge is 0.356 e. The molecule has 0 atom stereocenters. The maximum atomic E-state index is 13.1. The standard InChI is InChI=1S/C21H20F3N7.ClH/c1-30-11-17(14-3-2-4-15(9-14)21(22,23)24)28-19(30)13-5-7-31(8-6-13)20-16-10-27-29-18(16)25-12-26-20;/h2-4,9-13H,5-8H2,1H3,(H,25,26,27,29);1H. The van der Waals surface area contributed by atoms with Crippen molar-refractivity contribution in [2.75, 3.05) is 18.0 Å². The number of aryl methyl sites for hydroxylation is 1. The van der Waals surface area contributed by atoms with Gasteiger partial charge in [0.2, 0.25) is 0 Å². The van der Waals surface area contributed by atoms with Crippen LogP contribution < -0.4 is 4.90 Å². The van der Waals surface area contributed by atoms with E-state index >= 15 is 0 Å². The van der Waals surface area contributed by atoms with E-state index in [0.29, 0.717) is 16.9 Å². The highest BCUT2D eigenvalue weighted by molar-refractivity contribution is 5.86. The summed E-state index contributed by atoms with van der Waals surface area (Å²) >= 11 is 0. The Bertz CT molecular complexity index is 1230. The number of hydrogen-bond donors (Lipinski definition) is 1. The molecule has 0 bridgehead atoms. The van der Waals surface area contributed by atoms with Gasteiger partial charge in [-0.15, -0.1) is 12.4 Å². The summed E-state index contributed by atoms with van der Waals surface area (Å²) in [6.45, 7) is 1.60. The van der Waals surface area contributed by atoms with Crippen molar-refractivity contribution in [2.24, 2.45) is 7.05 Å². The van der Waals surface area contributed by atoms with Crippen molar-refractivity contribution >= 4 is 29.3 Å². The largest absolute Gasteiger partial charge is 0.416 e. The number of benzene rings is 1. The molecule has 0 radical (unpaired) electrons. The van der Waals surface area contributed by atoms with Crippen LogP contribution in [-0.4, -0.2) is 42.8 Å². The highest BCUT2D eigenvalue weighted by atomic mass is 35.5. The fourth-order valence-electron chi connectivity index (χ4n) is 4.21. The number of aromatic nitrogens is 6. The zero-order valence-corrected chi connectivity index (χ0v) is 18.0. The van der Waals surface area contributed by atoms with Crippen LogP contribution in [0.25, 0.3) is 22.3 Å². The molecule has 1 fully saturated rings. The van der Waals surface area contributed by atoms with Gasteiger partial charge in [-0.1, -0.05) is 12.1 Å². The molecular formula is C21H21ClF3N7. The summed E-state index contributed by atoms with van der Waals surface area (Å²) in [4.78, 5) is 15.5. The van der Waals surface area contributed by atoms with Gasteiger partial charge in [0, 0.05) is 37.8 Å². The molecule has 5 rings (SSSR count). The molecule has 168 valence electrons. The number of anilines is 1. The number of halogens is 4. The minimum atomic E-state index is -4.37. The Morgan fingerprint density at radius 1 is 1.12 bits per heavy atom. The van der Waals surface area contributed by atoms with Crippen LogP contribution in [0.15, 0.2) is 43.0 Å². The SMILES string of the molecule is Cl.Cn1cc(-c2cccc(C(F)(F)F)c2)nc1C1CCN(c2ncnc3[nH]ncc23)CC1. The molecule has 1 aliphatic rings. The summed E-state index contributed by atoms with van der Waals surface area (Å²) in [6.07, 6.45) is 2.43. The first-order valence-corrected chi connectivity index (χ1v) is 10.00. The molecule has 0 saturated carbocycles. The van der Waals surface area contributed by atoms with Crippen molar-refractivity contribution in [1.29, 1.82) is 0 Å². The molecular weight excluding hydrogens is 443 g/mol. The number of H-pyrrole nitrogens is 1. The van der Waals surface area contributed by atoms with Gasteiger partial charge in [0.1, 0.15) is 18.0 Å². The lowest BCUT2D eigenvalue weighted by Crippen LogP contribution is -2.34. The molecule has 3 aromatic heterocycles. The normalized spacial score (nSPS) is 15.2. The third-order valence-corrected chi connectivity index (χ3v) is 5.78. The maximum Gasteiger partial charge on any atom is 0.416 e. The molecule has 0 aliphatic carbocycles. The van der Waals surface area contributed by atoms with Crippen molar-refractivity contribution in [1.82, 2.24) is 29.7 Å². The Morgan fingerprint density at radius 2 is 1.91 bits per heavy atom. The molecule has 1 aromatic carbocycles. The van der Waals surface area contributed by atoms with Gasteiger partial charge in [0.05, 0.1) is 22.8 Å². The molecule has 0 amide bonds. The molecule has 1 saturated heterocycles. The fraction of sp³-hybridized carbons (Fsp3) is 0.333. The van der Waals surface area contributed by atoms with Crippen LogP contribution in [0.5, 0.6) is 0 Å². The number of nitrogens with one attached hydrogen (secondary N) is 1. The number of fused-ring (bicyclic) bond motifs is 1. The van der Waals surface area contributed by atoms with Gasteiger partial charge in [0.25, 0.3) is 0 Å². The van der Waals surface area contributed by atoms with Crippen molar-refractivity contribution < 1.29 is 13.2 Å². The lowest BCUT2D eigenvalue weighted by molar-refractivity contribution is -0.137. The van der Waals surface area contributed by atoms with Crippen LogP contribution in [0.1, 0.15) is 30.1 Å². The predicted molar refractivity (Wildman–Crippen MR) is 117 cm³/mol. The molecule has 0 spiro atoms. The molecule has 11 heteroatoms. The van der Waals surface area contributed by atoms with Crippen LogP contribution in [-0.2, 0) is 13.2 Å². The van der Waals surface area contributed by atoms with Crippen LogP contribution in [0.2, 0.25) is 0 Å². The number of alkyl halides is 3. The van der Waals surface area contributed by atoms with Crippen molar-refractivity contribution in [3.05, 3.63) is 54.4 Å². The Morgan fingerprint density at radius 3 is 2.66 bits per heavy atom. The van der Waals surface area contributed by atoms with E-state index in [1.54, 1.807) is 18.5 Å². The highest BCUT2D eigenvalue weighted by Gasteiger charge is 2.31. The third-order valence-electron chi connectivity index (χ3n) is 5.78. The monoisotopic (exact) mass is 463 g/mol. The van der Waals surface area contributed by atoms with E-state index in [2.05, 4.69) is 25.1 Å². The topological polar surface area (TPSA) is 75.5 Å². The maximum absolute atomic E-state index is 13.1. The van der Waals surface area contributed by atoms with E-state index in [9.17, 15) is 13.2 Å². The Balaban J connectivity index is 0.00000245. The molecule has 7 nitrogen and oxygen atoms in total. The molecule has 4 heterocycles. The average Bonchev–Trinajstić information content (AvgIpc) is 3.40. The van der Waals surface area contributed by atoms with Gasteiger partial charge in [0.15, 0.2) is 5.65 Å². The zero-order chi connectivity index (χ0) is 21.6. The van der Waals surface area contributed by atoms with Crippen LogP contribution in [0.4, 0.5) is 19.0 Å². The molecule has 4 aromatic rings. The van der Waals surface area contributed by atoms with E-state index in [4.69, 9.17) is 4.98 Å². The van der Waals surface area contributed by atoms with E-state index in [1.165, 1.54) is 12.4 Å². The predicted octanol–water partition coefficient (Wildman–Crippen LogP) is 4.58. The summed E-state index contributed by atoms with van der Waals surface area (Å²) in [5.41, 5.74) is 1.07. The van der Waals surface area contributed by atoms with Crippen LogP contribution in [0.3, 0.4) is 0 Å². The van der Waals surface area contributed by atoms with E-state index in [0.717, 1.165) is 55.1 Å². The number of nitrogens with zero attached hydrogens (tertiary/aromatic N) is 6. The fourth-order valence-corrected chi connectivity index (χ4v) is 4.21. The Hall–Kier alpha value is -3.14. The second-order valence-electron chi connectivity index (χ2n) is 7.76. The van der Waals surface area contributed by atoms with Crippen molar-refractivity contribution in [2.45, 2.75) is 24.9 Å². The average molecular weight is 464 g/mol. The zero-order valence-electron chi connectivity index (χ0n) is 17.2. The van der Waals surface area contributed by atoms with Gasteiger partial charge >= 0.3 is 6.18 Å². The minimum absolute atomic E-state index is 0. The van der Waals surface area contributed by atoms with Gasteiger partial charge in [-0.25, -0.2) is 15.0 Å². The van der Waals surface area contributed by atoms with Gasteiger partial charge in [-0.05, 0) is 25.0 Å². The second kappa shape index (κ2) is 8.42. The summed E-state index contributed by atoms with van der Waals surface area (Å²) in [7, 11) is 1.89. The first-order valence-electron chi connectivity index (χ1n) is 10.00. The molecule has 1 aliphatic heterocycles. The quantitative estimate of drug-likeness (QED) is 0.481. The van der Waals surface area contributed by atoms with Crippen molar-refractivity contribution in [3.8, 4) is 11.3 Å². The number of piperidine rings is 1. The number of rotatable bonds is 3. The first kappa shape index (κ1) is 22.1. The van der Waals surface area contributed by atoms with E-state index in [-0.39, 0.29) is 18.3 Å². The lowest BCUT2D eigenvalue weighted by atomic mass is 9.96. The molecule has 32 heavy (non-hydrogen) atoms. The van der Waals surface area contributed by atoms with Crippen molar-refractivity contribution in [3.63, 3.8) is 0 Å². The number of imidazole rings is 1. The van der Waals surface area contributed by atoms with Gasteiger partial charge < -0.3 is 9.47 Å². The first-order chi connectivity index (χ1) is 14.9. The third kappa shape index (κ3) is 4.02. The summed E-state index contributed by atoms with van der Waals surface area (Å²) in [6, 6.07) is 5.31. The highest BCUT2D eigenvalue weighted by Crippen LogP contribution is 2.34.